The lowest BCUT2D eigenvalue weighted by atomic mass is 10.0. The normalized spacial score (nSPS) is 15.3. The minimum atomic E-state index is -3.44. The van der Waals surface area contributed by atoms with Gasteiger partial charge in [0.05, 0.1) is 10.9 Å². The summed E-state index contributed by atoms with van der Waals surface area (Å²) < 4.78 is 25.5. The van der Waals surface area contributed by atoms with Gasteiger partial charge < -0.3 is 11.1 Å². The minimum absolute atomic E-state index is 0. The predicted molar refractivity (Wildman–Crippen MR) is 89.3 cm³/mol. The summed E-state index contributed by atoms with van der Waals surface area (Å²) in [5.74, 6) is -0.402. The second-order valence-electron chi connectivity index (χ2n) is 5.15. The first-order valence-corrected chi connectivity index (χ1v) is 8.26. The van der Waals surface area contributed by atoms with E-state index >= 15 is 0 Å². The van der Waals surface area contributed by atoms with Gasteiger partial charge in [-0.15, -0.1) is 12.4 Å². The molecule has 1 rings (SSSR count). The van der Waals surface area contributed by atoms with Crippen molar-refractivity contribution in [2.24, 2.45) is 11.7 Å². The Morgan fingerprint density at radius 2 is 1.64 bits per heavy atom. The van der Waals surface area contributed by atoms with Gasteiger partial charge in [0.25, 0.3) is 0 Å². The summed E-state index contributed by atoms with van der Waals surface area (Å²) >= 11 is 0. The Bertz CT molecular complexity index is 588. The van der Waals surface area contributed by atoms with Crippen LogP contribution < -0.4 is 15.8 Å². The molecule has 126 valence electrons. The summed E-state index contributed by atoms with van der Waals surface area (Å²) in [6, 6.07) is 5.96. The molecule has 0 bridgehead atoms. The van der Waals surface area contributed by atoms with Crippen LogP contribution in [0.25, 0.3) is 0 Å². The smallest absolute Gasteiger partial charge is 0.240 e. The highest BCUT2D eigenvalue weighted by molar-refractivity contribution is 7.89. The molecular weight excluding hydrogens is 326 g/mol. The van der Waals surface area contributed by atoms with Crippen molar-refractivity contribution in [1.82, 2.24) is 10.0 Å². The number of halogens is 1. The van der Waals surface area contributed by atoms with Crippen molar-refractivity contribution < 1.29 is 13.2 Å². The van der Waals surface area contributed by atoms with Gasteiger partial charge in [-0.2, -0.15) is 0 Å². The zero-order valence-corrected chi connectivity index (χ0v) is 14.8. The van der Waals surface area contributed by atoms with Crippen LogP contribution in [0.1, 0.15) is 32.4 Å². The lowest BCUT2D eigenvalue weighted by molar-refractivity contribution is -0.125. The summed E-state index contributed by atoms with van der Waals surface area (Å²) in [6.07, 6.45) is 0. The van der Waals surface area contributed by atoms with Gasteiger partial charge in [0, 0.05) is 12.0 Å². The Labute approximate surface area is 138 Å². The zero-order valence-electron chi connectivity index (χ0n) is 13.2. The summed E-state index contributed by atoms with van der Waals surface area (Å²) in [6.45, 7) is 5.40. The molecule has 3 atom stereocenters. The number of sulfonamides is 1. The monoisotopic (exact) mass is 349 g/mol. The van der Waals surface area contributed by atoms with E-state index in [1.807, 2.05) is 6.92 Å². The third-order valence-electron chi connectivity index (χ3n) is 3.52. The Kier molecular flexibility index (Phi) is 8.03. The first-order chi connectivity index (χ1) is 9.69. The van der Waals surface area contributed by atoms with Crippen LogP contribution in [0.4, 0.5) is 0 Å². The molecule has 0 radical (unpaired) electrons. The quantitative estimate of drug-likeness (QED) is 0.717. The van der Waals surface area contributed by atoms with E-state index in [0.29, 0.717) is 0 Å². The number of hydrogen-bond donors (Lipinski definition) is 3. The van der Waals surface area contributed by atoms with Crippen molar-refractivity contribution in [3.05, 3.63) is 29.8 Å². The molecule has 1 aromatic rings. The first kappa shape index (κ1) is 20.9. The number of hydrogen-bond acceptors (Lipinski definition) is 4. The largest absolute Gasteiger partial charge is 0.349 e. The molecule has 0 aliphatic rings. The molecule has 0 fully saturated rings. The van der Waals surface area contributed by atoms with E-state index < -0.39 is 10.0 Å². The average molecular weight is 350 g/mol. The van der Waals surface area contributed by atoms with Crippen LogP contribution in [0.5, 0.6) is 0 Å². The molecule has 0 heterocycles. The van der Waals surface area contributed by atoms with Crippen molar-refractivity contribution in [3.8, 4) is 0 Å². The summed E-state index contributed by atoms with van der Waals surface area (Å²) in [5, 5.41) is 2.87. The zero-order chi connectivity index (χ0) is 16.2. The van der Waals surface area contributed by atoms with E-state index in [-0.39, 0.29) is 41.2 Å². The number of benzene rings is 1. The topological polar surface area (TPSA) is 101 Å². The summed E-state index contributed by atoms with van der Waals surface area (Å²) in [5.41, 5.74) is 6.53. The third-order valence-corrected chi connectivity index (χ3v) is 4.95. The fourth-order valence-corrected chi connectivity index (χ4v) is 2.45. The van der Waals surface area contributed by atoms with E-state index in [2.05, 4.69) is 10.0 Å². The van der Waals surface area contributed by atoms with Crippen molar-refractivity contribution in [1.29, 1.82) is 0 Å². The average Bonchev–Trinajstić information content (AvgIpc) is 2.46. The fourth-order valence-electron chi connectivity index (χ4n) is 1.72. The van der Waals surface area contributed by atoms with Crippen LogP contribution in [-0.4, -0.2) is 27.4 Å². The highest BCUT2D eigenvalue weighted by Crippen LogP contribution is 2.16. The molecule has 1 amide bonds. The minimum Gasteiger partial charge on any atom is -0.349 e. The van der Waals surface area contributed by atoms with Gasteiger partial charge in [-0.1, -0.05) is 19.1 Å². The van der Waals surface area contributed by atoms with Crippen LogP contribution in [0.3, 0.4) is 0 Å². The number of nitrogens with two attached hydrogens (primary N) is 1. The van der Waals surface area contributed by atoms with E-state index in [9.17, 15) is 13.2 Å². The first-order valence-electron chi connectivity index (χ1n) is 6.78. The van der Waals surface area contributed by atoms with Crippen molar-refractivity contribution in [2.45, 2.75) is 37.8 Å². The van der Waals surface area contributed by atoms with Crippen LogP contribution in [0.2, 0.25) is 0 Å². The molecule has 0 saturated heterocycles. The predicted octanol–water partition coefficient (Wildman–Crippen LogP) is 1.18. The molecule has 0 spiro atoms. The molecule has 6 nitrogen and oxygen atoms in total. The highest BCUT2D eigenvalue weighted by Gasteiger charge is 2.19. The highest BCUT2D eigenvalue weighted by atomic mass is 35.5. The summed E-state index contributed by atoms with van der Waals surface area (Å²) in [4.78, 5) is 12.1. The number of nitrogens with one attached hydrogen (secondary N) is 2. The molecule has 8 heteroatoms. The Hall–Kier alpha value is -1.15. The molecule has 0 saturated carbocycles. The number of amides is 1. The second kappa shape index (κ2) is 8.47. The van der Waals surface area contributed by atoms with Gasteiger partial charge in [0.15, 0.2) is 0 Å². The van der Waals surface area contributed by atoms with Crippen LogP contribution in [0, 0.1) is 5.92 Å². The molecule has 22 heavy (non-hydrogen) atoms. The van der Waals surface area contributed by atoms with Crippen LogP contribution >= 0.6 is 12.4 Å². The van der Waals surface area contributed by atoms with Crippen molar-refractivity contribution in [3.63, 3.8) is 0 Å². The van der Waals surface area contributed by atoms with Gasteiger partial charge >= 0.3 is 0 Å². The van der Waals surface area contributed by atoms with Gasteiger partial charge in [-0.3, -0.25) is 4.79 Å². The lowest BCUT2D eigenvalue weighted by Crippen LogP contribution is -2.39. The maximum Gasteiger partial charge on any atom is 0.240 e. The van der Waals surface area contributed by atoms with E-state index in [1.54, 1.807) is 26.0 Å². The van der Waals surface area contributed by atoms with E-state index in [4.69, 9.17) is 5.73 Å². The number of carbonyl (C=O) groups excluding carboxylic acids is 1. The van der Waals surface area contributed by atoms with Crippen molar-refractivity contribution >= 4 is 28.3 Å². The molecular formula is C14H24ClN3O3S. The van der Waals surface area contributed by atoms with Crippen LogP contribution in [-0.2, 0) is 14.8 Å². The molecule has 0 aliphatic carbocycles. The van der Waals surface area contributed by atoms with Gasteiger partial charge in [0.2, 0.25) is 15.9 Å². The number of rotatable bonds is 6. The van der Waals surface area contributed by atoms with Gasteiger partial charge in [-0.25, -0.2) is 13.1 Å². The maximum atomic E-state index is 11.9. The molecule has 3 unspecified atom stereocenters. The van der Waals surface area contributed by atoms with E-state index in [1.165, 1.54) is 19.2 Å². The van der Waals surface area contributed by atoms with Crippen molar-refractivity contribution in [2.75, 3.05) is 7.05 Å². The third kappa shape index (κ3) is 5.24. The fraction of sp³-hybridized carbons (Fsp3) is 0.500. The summed E-state index contributed by atoms with van der Waals surface area (Å²) in [7, 11) is -2.08. The number of carbonyl (C=O) groups is 1. The maximum absolute atomic E-state index is 11.9. The van der Waals surface area contributed by atoms with Gasteiger partial charge in [0.1, 0.15) is 0 Å². The molecule has 1 aromatic carbocycles. The lowest BCUT2D eigenvalue weighted by Gasteiger charge is -2.20. The Balaban J connectivity index is 0.00000441. The SMILES string of the molecule is CNS(=O)(=O)c1ccc(C(C)NC(=O)C(C)C(C)N)cc1.Cl. The standard InChI is InChI=1S/C14H23N3O3S.ClH/c1-9(10(2)15)14(18)17-11(3)12-5-7-13(8-6-12)21(19,20)16-4;/h5-11,16H,15H2,1-4H3,(H,17,18);1H. The Morgan fingerprint density at radius 3 is 2.05 bits per heavy atom. The van der Waals surface area contributed by atoms with Crippen LogP contribution in [0.15, 0.2) is 29.2 Å². The van der Waals surface area contributed by atoms with Gasteiger partial charge in [-0.05, 0) is 38.6 Å². The Morgan fingerprint density at radius 1 is 1.14 bits per heavy atom. The molecule has 0 aliphatic heterocycles. The molecule has 4 N–H and O–H groups in total. The van der Waals surface area contributed by atoms with E-state index in [0.717, 1.165) is 5.56 Å². The molecule has 0 aromatic heterocycles. The second-order valence-corrected chi connectivity index (χ2v) is 7.04.